The van der Waals surface area contributed by atoms with Crippen LogP contribution in [0.4, 0.5) is 0 Å². The predicted octanol–water partition coefficient (Wildman–Crippen LogP) is 5.88. The Balaban J connectivity index is 2.43. The van der Waals surface area contributed by atoms with Crippen molar-refractivity contribution in [3.8, 4) is 0 Å². The zero-order chi connectivity index (χ0) is 14.6. The third-order valence-electron chi connectivity index (χ3n) is 3.87. The fraction of sp³-hybridized carbons (Fsp3) is 0.765. The van der Waals surface area contributed by atoms with Crippen molar-refractivity contribution < 1.29 is 4.79 Å². The zero-order valence-electron chi connectivity index (χ0n) is 13.1. The molecule has 0 aliphatic rings. The van der Waals surface area contributed by atoms with Crippen LogP contribution >= 0.6 is 11.3 Å². The molecule has 1 rings (SSSR count). The van der Waals surface area contributed by atoms with E-state index in [1.54, 1.807) is 5.51 Å². The van der Waals surface area contributed by atoms with Crippen molar-refractivity contribution in [2.75, 3.05) is 0 Å². The number of aromatic nitrogens is 1. The molecule has 0 unspecified atom stereocenters. The highest BCUT2D eigenvalue weighted by Gasteiger charge is 2.20. The maximum Gasteiger partial charge on any atom is 0.185 e. The molecule has 1 heterocycles. The van der Waals surface area contributed by atoms with E-state index >= 15 is 0 Å². The van der Waals surface area contributed by atoms with E-state index in [-0.39, 0.29) is 11.7 Å². The van der Waals surface area contributed by atoms with Crippen LogP contribution in [0.3, 0.4) is 0 Å². The Morgan fingerprint density at radius 1 is 1.05 bits per heavy atom. The number of carbonyl (C=O) groups excluding carboxylic acids is 1. The van der Waals surface area contributed by atoms with Crippen LogP contribution in [0.1, 0.15) is 88.5 Å². The lowest BCUT2D eigenvalue weighted by molar-refractivity contribution is 0.0897. The third kappa shape index (κ3) is 6.65. The molecule has 0 aromatic carbocycles. The summed E-state index contributed by atoms with van der Waals surface area (Å²) in [6, 6.07) is 0. The largest absolute Gasteiger partial charge is 0.292 e. The van der Waals surface area contributed by atoms with Gasteiger partial charge in [-0.15, -0.1) is 11.3 Å². The minimum Gasteiger partial charge on any atom is -0.292 e. The summed E-state index contributed by atoms with van der Waals surface area (Å²) >= 11 is 1.52. The van der Waals surface area contributed by atoms with Crippen LogP contribution in [0, 0.1) is 5.92 Å². The summed E-state index contributed by atoms with van der Waals surface area (Å²) in [6.45, 7) is 4.45. The summed E-state index contributed by atoms with van der Waals surface area (Å²) < 4.78 is 0. The molecule has 0 aliphatic carbocycles. The number of hydrogen-bond acceptors (Lipinski definition) is 3. The molecule has 1 aromatic rings. The van der Waals surface area contributed by atoms with Crippen LogP contribution in [-0.4, -0.2) is 10.8 Å². The lowest BCUT2D eigenvalue weighted by Gasteiger charge is -2.14. The number of ketones is 1. The Kier molecular flexibility index (Phi) is 9.56. The van der Waals surface area contributed by atoms with Crippen LogP contribution in [0.2, 0.25) is 0 Å². The fourth-order valence-electron chi connectivity index (χ4n) is 2.58. The van der Waals surface area contributed by atoms with Gasteiger partial charge in [-0.3, -0.25) is 4.79 Å². The lowest BCUT2D eigenvalue weighted by Crippen LogP contribution is -2.15. The Hall–Kier alpha value is -0.700. The van der Waals surface area contributed by atoms with Crippen molar-refractivity contribution in [2.45, 2.75) is 78.1 Å². The standard InChI is InChI=1S/C17H29NOS/c1-3-5-7-9-11-15(12-10-8-6-4-2)17(19)16-13-20-14-18-16/h13-15H,3-12H2,1-2H3. The van der Waals surface area contributed by atoms with Gasteiger partial charge in [0.2, 0.25) is 0 Å². The average molecular weight is 295 g/mol. The Bertz CT molecular complexity index is 336. The average Bonchev–Trinajstić information content (AvgIpc) is 2.99. The second kappa shape index (κ2) is 11.0. The molecule has 0 spiro atoms. The van der Waals surface area contributed by atoms with Crippen molar-refractivity contribution in [1.82, 2.24) is 4.98 Å². The molecule has 0 bridgehead atoms. The van der Waals surface area contributed by atoms with Gasteiger partial charge in [0.1, 0.15) is 5.69 Å². The summed E-state index contributed by atoms with van der Waals surface area (Å²) in [5.41, 5.74) is 2.45. The molecule has 1 aromatic heterocycles. The molecule has 0 N–H and O–H groups in total. The van der Waals surface area contributed by atoms with Crippen molar-refractivity contribution in [2.24, 2.45) is 5.92 Å². The van der Waals surface area contributed by atoms with Crippen molar-refractivity contribution in [3.05, 3.63) is 16.6 Å². The topological polar surface area (TPSA) is 30.0 Å². The summed E-state index contributed by atoms with van der Waals surface area (Å²) in [7, 11) is 0. The van der Waals surface area contributed by atoms with E-state index in [4.69, 9.17) is 0 Å². The molecular weight excluding hydrogens is 266 g/mol. The Morgan fingerprint density at radius 3 is 2.10 bits per heavy atom. The Labute approximate surface area is 128 Å². The van der Waals surface area contributed by atoms with Gasteiger partial charge in [0.05, 0.1) is 5.51 Å². The van der Waals surface area contributed by atoms with Gasteiger partial charge in [-0.1, -0.05) is 65.2 Å². The number of rotatable bonds is 12. The van der Waals surface area contributed by atoms with Gasteiger partial charge < -0.3 is 0 Å². The summed E-state index contributed by atoms with van der Waals surface area (Å²) in [6.07, 6.45) is 12.0. The molecule has 114 valence electrons. The normalized spacial score (nSPS) is 11.2. The van der Waals surface area contributed by atoms with Crippen molar-refractivity contribution in [3.63, 3.8) is 0 Å². The van der Waals surface area contributed by atoms with Crippen LogP contribution in [0.5, 0.6) is 0 Å². The van der Waals surface area contributed by atoms with Gasteiger partial charge in [0.15, 0.2) is 5.78 Å². The van der Waals surface area contributed by atoms with E-state index in [9.17, 15) is 4.79 Å². The van der Waals surface area contributed by atoms with Gasteiger partial charge in [-0.2, -0.15) is 0 Å². The molecule has 2 nitrogen and oxygen atoms in total. The first-order chi connectivity index (χ1) is 9.79. The smallest absolute Gasteiger partial charge is 0.185 e. The molecule has 0 saturated carbocycles. The number of unbranched alkanes of at least 4 members (excludes halogenated alkanes) is 6. The lowest BCUT2D eigenvalue weighted by atomic mass is 9.90. The predicted molar refractivity (Wildman–Crippen MR) is 87.5 cm³/mol. The number of nitrogens with zero attached hydrogens (tertiary/aromatic N) is 1. The van der Waals surface area contributed by atoms with E-state index in [1.165, 1.54) is 62.7 Å². The highest BCUT2D eigenvalue weighted by atomic mass is 32.1. The van der Waals surface area contributed by atoms with Gasteiger partial charge in [0.25, 0.3) is 0 Å². The van der Waals surface area contributed by atoms with Gasteiger partial charge in [-0.25, -0.2) is 4.98 Å². The maximum absolute atomic E-state index is 12.5. The summed E-state index contributed by atoms with van der Waals surface area (Å²) in [4.78, 5) is 16.7. The van der Waals surface area contributed by atoms with E-state index in [2.05, 4.69) is 18.8 Å². The van der Waals surface area contributed by atoms with Crippen LogP contribution < -0.4 is 0 Å². The minimum absolute atomic E-state index is 0.200. The molecule has 20 heavy (non-hydrogen) atoms. The van der Waals surface area contributed by atoms with Crippen LogP contribution in [-0.2, 0) is 0 Å². The molecule has 0 atom stereocenters. The van der Waals surface area contributed by atoms with Crippen LogP contribution in [0.15, 0.2) is 10.9 Å². The number of thiazole rings is 1. The molecule has 0 saturated heterocycles. The summed E-state index contributed by atoms with van der Waals surface area (Å²) in [5.74, 6) is 0.477. The maximum atomic E-state index is 12.5. The summed E-state index contributed by atoms with van der Waals surface area (Å²) in [5, 5.41) is 1.90. The number of hydrogen-bond donors (Lipinski definition) is 0. The first-order valence-electron chi connectivity index (χ1n) is 8.22. The highest BCUT2D eigenvalue weighted by Crippen LogP contribution is 2.22. The fourth-order valence-corrected chi connectivity index (χ4v) is 3.13. The van der Waals surface area contributed by atoms with E-state index in [0.717, 1.165) is 12.8 Å². The minimum atomic E-state index is 0.200. The molecule has 0 aliphatic heterocycles. The SMILES string of the molecule is CCCCCCC(CCCCCC)C(=O)c1cscn1. The first kappa shape index (κ1) is 17.4. The van der Waals surface area contributed by atoms with E-state index in [1.807, 2.05) is 5.38 Å². The van der Waals surface area contributed by atoms with E-state index < -0.39 is 0 Å². The number of carbonyl (C=O) groups is 1. The Morgan fingerprint density at radius 2 is 1.65 bits per heavy atom. The second-order valence-corrected chi connectivity index (χ2v) is 6.35. The van der Waals surface area contributed by atoms with Crippen molar-refractivity contribution in [1.29, 1.82) is 0 Å². The van der Waals surface area contributed by atoms with Gasteiger partial charge >= 0.3 is 0 Å². The van der Waals surface area contributed by atoms with Gasteiger partial charge in [-0.05, 0) is 12.8 Å². The molecule has 3 heteroatoms. The molecule has 0 fully saturated rings. The molecule has 0 radical (unpaired) electrons. The third-order valence-corrected chi connectivity index (χ3v) is 4.45. The van der Waals surface area contributed by atoms with E-state index in [0.29, 0.717) is 5.69 Å². The van der Waals surface area contributed by atoms with Gasteiger partial charge in [0, 0.05) is 11.3 Å². The quantitative estimate of drug-likeness (QED) is 0.356. The number of Topliss-reactive ketones (excluding diaryl/α,β-unsaturated/α-hetero) is 1. The monoisotopic (exact) mass is 295 g/mol. The first-order valence-corrected chi connectivity index (χ1v) is 9.16. The highest BCUT2D eigenvalue weighted by molar-refractivity contribution is 7.07. The van der Waals surface area contributed by atoms with Crippen molar-refractivity contribution >= 4 is 17.1 Å². The van der Waals surface area contributed by atoms with Crippen LogP contribution in [0.25, 0.3) is 0 Å². The molecule has 0 amide bonds. The molecular formula is C17H29NOS. The second-order valence-electron chi connectivity index (χ2n) is 5.63. The zero-order valence-corrected chi connectivity index (χ0v) is 13.9.